The van der Waals surface area contributed by atoms with Gasteiger partial charge < -0.3 is 0 Å². The molecule has 3 aromatic rings. The van der Waals surface area contributed by atoms with E-state index in [-0.39, 0.29) is 0 Å². The number of hydrogen-bond acceptors (Lipinski definition) is 5. The highest BCUT2D eigenvalue weighted by Crippen LogP contribution is 2.27. The molecule has 0 amide bonds. The molecule has 3 rings (SSSR count). The Labute approximate surface area is 111 Å². The quantitative estimate of drug-likeness (QED) is 0.692. The van der Waals surface area contributed by atoms with E-state index in [2.05, 4.69) is 15.1 Å². The van der Waals surface area contributed by atoms with Crippen LogP contribution >= 0.6 is 34.7 Å². The van der Waals surface area contributed by atoms with E-state index in [9.17, 15) is 0 Å². The molecule has 0 spiro atoms. The summed E-state index contributed by atoms with van der Waals surface area (Å²) in [7, 11) is 0. The summed E-state index contributed by atoms with van der Waals surface area (Å²) in [5, 5.41) is 5.04. The zero-order valence-corrected chi connectivity index (χ0v) is 11.0. The van der Waals surface area contributed by atoms with Crippen LogP contribution in [0, 0.1) is 0 Å². The van der Waals surface area contributed by atoms with Crippen LogP contribution in [-0.4, -0.2) is 19.6 Å². The topological polar surface area (TPSA) is 43.1 Å². The maximum Gasteiger partial charge on any atom is 0.253 e. The van der Waals surface area contributed by atoms with Gasteiger partial charge in [-0.25, -0.2) is 9.50 Å². The van der Waals surface area contributed by atoms with Crippen LogP contribution in [0.2, 0.25) is 4.34 Å². The highest BCUT2D eigenvalue weighted by molar-refractivity contribution is 7.98. The standard InChI is InChI=1S/C10H7ClN4S2/c11-8-3-2-7(17-8)6-16-10-13-9-12-4-1-5-15(9)14-10/h1-5H,6H2. The molecule has 0 fully saturated rings. The molecule has 17 heavy (non-hydrogen) atoms. The van der Waals surface area contributed by atoms with Gasteiger partial charge in [0.05, 0.1) is 4.34 Å². The lowest BCUT2D eigenvalue weighted by atomic mass is 10.5. The Balaban J connectivity index is 1.76. The fraction of sp³-hybridized carbons (Fsp3) is 0.100. The molecule has 0 aromatic carbocycles. The SMILES string of the molecule is Clc1ccc(CSc2nc3ncccn3n2)s1. The molecule has 0 saturated heterocycles. The van der Waals surface area contributed by atoms with E-state index in [1.165, 1.54) is 4.88 Å². The van der Waals surface area contributed by atoms with Crippen molar-refractivity contribution in [2.24, 2.45) is 0 Å². The Morgan fingerprint density at radius 3 is 3.12 bits per heavy atom. The molecule has 0 aliphatic rings. The number of rotatable bonds is 3. The van der Waals surface area contributed by atoms with Gasteiger partial charge in [0, 0.05) is 23.0 Å². The summed E-state index contributed by atoms with van der Waals surface area (Å²) >= 11 is 9.03. The average Bonchev–Trinajstić information content (AvgIpc) is 2.91. The van der Waals surface area contributed by atoms with Crippen LogP contribution < -0.4 is 0 Å². The second-order valence-electron chi connectivity index (χ2n) is 3.25. The number of halogens is 1. The third-order valence-corrected chi connectivity index (χ3v) is 4.37. The Hall–Kier alpha value is -1.11. The molecular weight excluding hydrogens is 276 g/mol. The van der Waals surface area contributed by atoms with Crippen molar-refractivity contribution in [3.8, 4) is 0 Å². The zero-order valence-electron chi connectivity index (χ0n) is 8.58. The van der Waals surface area contributed by atoms with Crippen molar-refractivity contribution in [1.82, 2.24) is 19.6 Å². The van der Waals surface area contributed by atoms with E-state index >= 15 is 0 Å². The van der Waals surface area contributed by atoms with Gasteiger partial charge >= 0.3 is 0 Å². The summed E-state index contributed by atoms with van der Waals surface area (Å²) in [6.45, 7) is 0. The summed E-state index contributed by atoms with van der Waals surface area (Å²) in [6, 6.07) is 5.75. The van der Waals surface area contributed by atoms with Crippen molar-refractivity contribution < 1.29 is 0 Å². The number of nitrogens with zero attached hydrogens (tertiary/aromatic N) is 4. The molecule has 0 radical (unpaired) electrons. The fourth-order valence-corrected chi connectivity index (χ4v) is 3.29. The van der Waals surface area contributed by atoms with Gasteiger partial charge in [0.1, 0.15) is 0 Å². The number of fused-ring (bicyclic) bond motifs is 1. The van der Waals surface area contributed by atoms with Crippen molar-refractivity contribution in [1.29, 1.82) is 0 Å². The lowest BCUT2D eigenvalue weighted by Crippen LogP contribution is -1.86. The number of hydrogen-bond donors (Lipinski definition) is 0. The van der Waals surface area contributed by atoms with Gasteiger partial charge in [-0.05, 0) is 18.2 Å². The highest BCUT2D eigenvalue weighted by atomic mass is 35.5. The lowest BCUT2D eigenvalue weighted by molar-refractivity contribution is 0.879. The fourth-order valence-electron chi connectivity index (χ4n) is 1.34. The predicted octanol–water partition coefficient (Wildman–Crippen LogP) is 3.13. The largest absolute Gasteiger partial charge is 0.253 e. The van der Waals surface area contributed by atoms with Gasteiger partial charge in [-0.1, -0.05) is 23.4 Å². The molecule has 3 aromatic heterocycles. The molecule has 0 atom stereocenters. The second kappa shape index (κ2) is 4.64. The monoisotopic (exact) mass is 282 g/mol. The molecule has 0 saturated carbocycles. The first-order valence-electron chi connectivity index (χ1n) is 4.86. The van der Waals surface area contributed by atoms with E-state index < -0.39 is 0 Å². The van der Waals surface area contributed by atoms with Crippen LogP contribution in [0.3, 0.4) is 0 Å². The van der Waals surface area contributed by atoms with Crippen molar-refractivity contribution in [3.63, 3.8) is 0 Å². The first-order valence-corrected chi connectivity index (χ1v) is 7.04. The molecule has 0 bridgehead atoms. The normalized spacial score (nSPS) is 11.1. The number of thiophene rings is 1. The molecule has 3 heterocycles. The summed E-state index contributed by atoms with van der Waals surface area (Å²) in [4.78, 5) is 9.64. The Morgan fingerprint density at radius 2 is 2.35 bits per heavy atom. The predicted molar refractivity (Wildman–Crippen MR) is 69.7 cm³/mol. The van der Waals surface area contributed by atoms with Crippen LogP contribution in [0.1, 0.15) is 4.88 Å². The Morgan fingerprint density at radius 1 is 1.41 bits per heavy atom. The van der Waals surface area contributed by atoms with E-state index in [1.807, 2.05) is 24.4 Å². The molecule has 86 valence electrons. The lowest BCUT2D eigenvalue weighted by Gasteiger charge is -1.91. The van der Waals surface area contributed by atoms with E-state index in [4.69, 9.17) is 11.6 Å². The van der Waals surface area contributed by atoms with Crippen LogP contribution in [0.15, 0.2) is 35.7 Å². The van der Waals surface area contributed by atoms with Gasteiger partial charge in [-0.2, -0.15) is 4.98 Å². The molecule has 7 heteroatoms. The molecule has 0 unspecified atom stereocenters. The van der Waals surface area contributed by atoms with Gasteiger partial charge in [-0.3, -0.25) is 0 Å². The van der Waals surface area contributed by atoms with Crippen LogP contribution in [0.25, 0.3) is 5.78 Å². The second-order valence-corrected chi connectivity index (χ2v) is 6.00. The smallest absolute Gasteiger partial charge is 0.220 e. The first kappa shape index (κ1) is 11.0. The molecule has 0 aliphatic carbocycles. The van der Waals surface area contributed by atoms with Gasteiger partial charge in [-0.15, -0.1) is 16.4 Å². The molecule has 4 nitrogen and oxygen atoms in total. The van der Waals surface area contributed by atoms with Crippen molar-refractivity contribution in [2.45, 2.75) is 10.9 Å². The van der Waals surface area contributed by atoms with Crippen molar-refractivity contribution in [3.05, 3.63) is 39.8 Å². The minimum Gasteiger partial charge on any atom is -0.220 e. The van der Waals surface area contributed by atoms with Gasteiger partial charge in [0.2, 0.25) is 5.16 Å². The maximum absolute atomic E-state index is 5.87. The van der Waals surface area contributed by atoms with E-state index in [0.29, 0.717) is 5.78 Å². The number of thioether (sulfide) groups is 1. The van der Waals surface area contributed by atoms with Crippen molar-refractivity contribution >= 4 is 40.5 Å². The van der Waals surface area contributed by atoms with E-state index in [1.54, 1.807) is 33.8 Å². The number of aromatic nitrogens is 4. The third kappa shape index (κ3) is 2.43. The van der Waals surface area contributed by atoms with Crippen LogP contribution in [0.4, 0.5) is 0 Å². The summed E-state index contributed by atoms with van der Waals surface area (Å²) < 4.78 is 2.48. The summed E-state index contributed by atoms with van der Waals surface area (Å²) in [5.41, 5.74) is 0. The average molecular weight is 283 g/mol. The summed E-state index contributed by atoms with van der Waals surface area (Å²) in [6.07, 6.45) is 3.54. The Kier molecular flexibility index (Phi) is 3.00. The minimum absolute atomic E-state index is 0.624. The molecular formula is C10H7ClN4S2. The first-order chi connectivity index (χ1) is 8.31. The zero-order chi connectivity index (χ0) is 11.7. The molecule has 0 N–H and O–H groups in total. The van der Waals surface area contributed by atoms with Gasteiger partial charge in [0.25, 0.3) is 5.78 Å². The van der Waals surface area contributed by atoms with Crippen LogP contribution in [-0.2, 0) is 5.75 Å². The highest BCUT2D eigenvalue weighted by Gasteiger charge is 2.05. The van der Waals surface area contributed by atoms with Crippen LogP contribution in [0.5, 0.6) is 0 Å². The van der Waals surface area contributed by atoms with Gasteiger partial charge in [0.15, 0.2) is 0 Å². The maximum atomic E-state index is 5.87. The Bertz CT molecular complexity index is 615. The van der Waals surface area contributed by atoms with E-state index in [0.717, 1.165) is 15.2 Å². The summed E-state index contributed by atoms with van der Waals surface area (Å²) in [5.74, 6) is 1.45. The third-order valence-electron chi connectivity index (χ3n) is 2.07. The molecule has 0 aliphatic heterocycles. The minimum atomic E-state index is 0.624. The van der Waals surface area contributed by atoms with Crippen molar-refractivity contribution in [2.75, 3.05) is 0 Å².